The summed E-state index contributed by atoms with van der Waals surface area (Å²) in [6, 6.07) is 23.8. The molecule has 0 unspecified atom stereocenters. The van der Waals surface area contributed by atoms with Gasteiger partial charge in [-0.2, -0.15) is 5.10 Å². The Kier molecular flexibility index (Phi) is 7.77. The quantitative estimate of drug-likeness (QED) is 0.315. The van der Waals surface area contributed by atoms with Crippen LogP contribution in [-0.2, 0) is 16.1 Å². The van der Waals surface area contributed by atoms with Crippen LogP contribution in [0.5, 0.6) is 5.75 Å². The second-order valence-corrected chi connectivity index (χ2v) is 6.53. The van der Waals surface area contributed by atoms with Gasteiger partial charge in [-0.05, 0) is 42.0 Å². The standard InChI is InChI=1S/C24H23N3O4/c1-30-24(29)19-13-11-18(12-14-19)17-31-22-10-6-5-7-20(22)15-26-27-23(28)16-25-21-8-3-2-4-9-21/h2-15,25H,16-17H2,1H3,(H,27,28)/b26-15+. The summed E-state index contributed by atoms with van der Waals surface area (Å²) in [6.45, 7) is 0.431. The first kappa shape index (κ1) is 21.6. The van der Waals surface area contributed by atoms with E-state index in [0.29, 0.717) is 17.9 Å². The van der Waals surface area contributed by atoms with Gasteiger partial charge in [0, 0.05) is 11.3 Å². The highest BCUT2D eigenvalue weighted by molar-refractivity contribution is 5.89. The van der Waals surface area contributed by atoms with Crippen molar-refractivity contribution in [1.82, 2.24) is 5.43 Å². The maximum absolute atomic E-state index is 11.9. The van der Waals surface area contributed by atoms with Gasteiger partial charge >= 0.3 is 5.97 Å². The number of benzene rings is 3. The number of hydrogen-bond acceptors (Lipinski definition) is 6. The summed E-state index contributed by atoms with van der Waals surface area (Å²) >= 11 is 0. The molecule has 3 aromatic carbocycles. The third kappa shape index (κ3) is 6.71. The van der Waals surface area contributed by atoms with Crippen LogP contribution in [0.15, 0.2) is 84.0 Å². The van der Waals surface area contributed by atoms with Gasteiger partial charge in [0.15, 0.2) is 0 Å². The van der Waals surface area contributed by atoms with Gasteiger partial charge in [0.05, 0.1) is 25.4 Å². The fourth-order valence-electron chi connectivity index (χ4n) is 2.69. The Hall–Kier alpha value is -4.13. The molecule has 0 aromatic heterocycles. The third-order valence-electron chi connectivity index (χ3n) is 4.31. The van der Waals surface area contributed by atoms with Gasteiger partial charge in [0.25, 0.3) is 5.91 Å². The summed E-state index contributed by atoms with van der Waals surface area (Å²) in [6.07, 6.45) is 1.54. The maximum Gasteiger partial charge on any atom is 0.337 e. The predicted molar refractivity (Wildman–Crippen MR) is 119 cm³/mol. The molecule has 0 heterocycles. The monoisotopic (exact) mass is 417 g/mol. The Balaban J connectivity index is 1.52. The zero-order valence-corrected chi connectivity index (χ0v) is 17.1. The van der Waals surface area contributed by atoms with Crippen molar-refractivity contribution in [2.75, 3.05) is 19.0 Å². The van der Waals surface area contributed by atoms with Gasteiger partial charge in [-0.15, -0.1) is 0 Å². The number of nitrogens with zero attached hydrogens (tertiary/aromatic N) is 1. The molecule has 0 atom stereocenters. The molecule has 1 amide bonds. The summed E-state index contributed by atoms with van der Waals surface area (Å²) < 4.78 is 10.6. The fraction of sp³-hybridized carbons (Fsp3) is 0.125. The van der Waals surface area contributed by atoms with Crippen molar-refractivity contribution in [2.24, 2.45) is 5.10 Å². The molecular formula is C24H23N3O4. The lowest BCUT2D eigenvalue weighted by Gasteiger charge is -2.09. The summed E-state index contributed by atoms with van der Waals surface area (Å²) in [5.74, 6) is -0.0146. The second-order valence-electron chi connectivity index (χ2n) is 6.53. The number of ether oxygens (including phenoxy) is 2. The second kappa shape index (κ2) is 11.2. The molecule has 0 radical (unpaired) electrons. The molecule has 7 heteroatoms. The zero-order valence-electron chi connectivity index (χ0n) is 17.1. The van der Waals surface area contributed by atoms with Gasteiger partial charge in [0.2, 0.25) is 0 Å². The first-order valence-electron chi connectivity index (χ1n) is 9.65. The van der Waals surface area contributed by atoms with E-state index < -0.39 is 0 Å². The lowest BCUT2D eigenvalue weighted by atomic mass is 10.1. The van der Waals surface area contributed by atoms with Crippen molar-refractivity contribution in [3.8, 4) is 5.75 Å². The van der Waals surface area contributed by atoms with Crippen LogP contribution in [0.4, 0.5) is 5.69 Å². The molecule has 0 spiro atoms. The van der Waals surface area contributed by atoms with E-state index in [9.17, 15) is 9.59 Å². The number of hydrogen-bond donors (Lipinski definition) is 2. The molecule has 3 aromatic rings. The molecule has 0 aliphatic rings. The normalized spacial score (nSPS) is 10.5. The SMILES string of the molecule is COC(=O)c1ccc(COc2ccccc2/C=N/NC(=O)CNc2ccccc2)cc1. The minimum Gasteiger partial charge on any atom is -0.488 e. The minimum absolute atomic E-state index is 0.112. The molecule has 31 heavy (non-hydrogen) atoms. The van der Waals surface area contributed by atoms with Crippen LogP contribution in [0.25, 0.3) is 0 Å². The Morgan fingerprint density at radius 2 is 1.65 bits per heavy atom. The van der Waals surface area contributed by atoms with Crippen LogP contribution in [0.1, 0.15) is 21.5 Å². The van der Waals surface area contributed by atoms with Crippen molar-refractivity contribution in [1.29, 1.82) is 0 Å². The number of amides is 1. The number of nitrogens with one attached hydrogen (secondary N) is 2. The van der Waals surface area contributed by atoms with Gasteiger partial charge in [-0.25, -0.2) is 10.2 Å². The van der Waals surface area contributed by atoms with Crippen molar-refractivity contribution in [3.63, 3.8) is 0 Å². The summed E-state index contributed by atoms with van der Waals surface area (Å²) in [4.78, 5) is 23.5. The summed E-state index contributed by atoms with van der Waals surface area (Å²) in [5.41, 5.74) is 5.47. The van der Waals surface area contributed by atoms with Crippen molar-refractivity contribution in [3.05, 3.63) is 95.6 Å². The van der Waals surface area contributed by atoms with Gasteiger partial charge < -0.3 is 14.8 Å². The number of rotatable bonds is 9. The lowest BCUT2D eigenvalue weighted by Crippen LogP contribution is -2.25. The van der Waals surface area contributed by atoms with E-state index in [1.54, 1.807) is 12.1 Å². The van der Waals surface area contributed by atoms with E-state index in [0.717, 1.165) is 16.8 Å². The molecule has 0 fully saturated rings. The number of methoxy groups -OCH3 is 1. The van der Waals surface area contributed by atoms with Crippen LogP contribution in [-0.4, -0.2) is 31.7 Å². The fourth-order valence-corrected chi connectivity index (χ4v) is 2.69. The molecule has 0 aliphatic heterocycles. The molecular weight excluding hydrogens is 394 g/mol. The topological polar surface area (TPSA) is 89.0 Å². The molecule has 7 nitrogen and oxygen atoms in total. The highest BCUT2D eigenvalue weighted by atomic mass is 16.5. The van der Waals surface area contributed by atoms with E-state index in [1.165, 1.54) is 13.3 Å². The van der Waals surface area contributed by atoms with E-state index >= 15 is 0 Å². The number of carbonyl (C=O) groups is 2. The number of anilines is 1. The number of para-hydroxylation sites is 2. The molecule has 158 valence electrons. The number of carbonyl (C=O) groups excluding carboxylic acids is 2. The van der Waals surface area contributed by atoms with Crippen LogP contribution in [0, 0.1) is 0 Å². The molecule has 3 rings (SSSR count). The van der Waals surface area contributed by atoms with Crippen molar-refractivity contribution >= 4 is 23.8 Å². The molecule has 0 bridgehead atoms. The van der Waals surface area contributed by atoms with E-state index in [-0.39, 0.29) is 18.4 Å². The van der Waals surface area contributed by atoms with Gasteiger partial charge in [-0.3, -0.25) is 4.79 Å². The Morgan fingerprint density at radius 1 is 0.935 bits per heavy atom. The van der Waals surface area contributed by atoms with Gasteiger partial charge in [0.1, 0.15) is 12.4 Å². The highest BCUT2D eigenvalue weighted by Crippen LogP contribution is 2.18. The van der Waals surface area contributed by atoms with Crippen LogP contribution < -0.4 is 15.5 Å². The lowest BCUT2D eigenvalue weighted by molar-refractivity contribution is -0.119. The Morgan fingerprint density at radius 3 is 2.39 bits per heavy atom. The molecule has 0 saturated heterocycles. The van der Waals surface area contributed by atoms with Crippen LogP contribution in [0.2, 0.25) is 0 Å². The van der Waals surface area contributed by atoms with Crippen LogP contribution >= 0.6 is 0 Å². The average molecular weight is 417 g/mol. The minimum atomic E-state index is -0.380. The maximum atomic E-state index is 11.9. The van der Waals surface area contributed by atoms with Gasteiger partial charge in [-0.1, -0.05) is 42.5 Å². The molecule has 2 N–H and O–H groups in total. The smallest absolute Gasteiger partial charge is 0.337 e. The highest BCUT2D eigenvalue weighted by Gasteiger charge is 2.06. The molecule has 0 saturated carbocycles. The number of hydrazone groups is 1. The summed E-state index contributed by atoms with van der Waals surface area (Å²) in [7, 11) is 1.35. The summed E-state index contributed by atoms with van der Waals surface area (Å²) in [5, 5.41) is 7.03. The van der Waals surface area contributed by atoms with E-state index in [1.807, 2.05) is 66.7 Å². The number of esters is 1. The molecule has 0 aliphatic carbocycles. The largest absolute Gasteiger partial charge is 0.488 e. The Labute approximate surface area is 180 Å². The third-order valence-corrected chi connectivity index (χ3v) is 4.31. The predicted octanol–water partition coefficient (Wildman–Crippen LogP) is 3.61. The van der Waals surface area contributed by atoms with E-state index in [4.69, 9.17) is 9.47 Å². The Bertz CT molecular complexity index is 1030. The van der Waals surface area contributed by atoms with Crippen molar-refractivity contribution < 1.29 is 19.1 Å². The van der Waals surface area contributed by atoms with Crippen LogP contribution in [0.3, 0.4) is 0 Å². The average Bonchev–Trinajstić information content (AvgIpc) is 2.82. The first-order chi connectivity index (χ1) is 15.2. The van der Waals surface area contributed by atoms with Crippen molar-refractivity contribution in [2.45, 2.75) is 6.61 Å². The zero-order chi connectivity index (χ0) is 21.9. The van der Waals surface area contributed by atoms with E-state index in [2.05, 4.69) is 15.8 Å². The first-order valence-corrected chi connectivity index (χ1v) is 9.65.